The lowest BCUT2D eigenvalue weighted by atomic mass is 10.1. The van der Waals surface area contributed by atoms with Gasteiger partial charge in [0.2, 0.25) is 11.8 Å². The molecule has 1 atom stereocenters. The van der Waals surface area contributed by atoms with Gasteiger partial charge in [0.05, 0.1) is 6.10 Å². The van der Waals surface area contributed by atoms with Gasteiger partial charge in [0.25, 0.3) is 0 Å². The Kier molecular flexibility index (Phi) is 5.49. The van der Waals surface area contributed by atoms with Crippen molar-refractivity contribution in [2.45, 2.75) is 25.9 Å². The van der Waals surface area contributed by atoms with Crippen molar-refractivity contribution in [2.75, 3.05) is 26.2 Å². The van der Waals surface area contributed by atoms with Crippen LogP contribution in [-0.4, -0.2) is 59.0 Å². The van der Waals surface area contributed by atoms with Crippen LogP contribution in [0.5, 0.6) is 0 Å². The number of carbonyl (C=O) groups is 2. The molecule has 1 aromatic rings. The first-order valence-electron chi connectivity index (χ1n) is 7.41. The van der Waals surface area contributed by atoms with Crippen LogP contribution in [0.2, 0.25) is 0 Å². The number of aryl methyl sites for hydroxylation is 1. The average Bonchev–Trinajstić information content (AvgIpc) is 2.67. The van der Waals surface area contributed by atoms with Crippen LogP contribution in [0.3, 0.4) is 0 Å². The maximum atomic E-state index is 13.1. The Balaban J connectivity index is 1.90. The highest BCUT2D eigenvalue weighted by molar-refractivity contribution is 5.77. The van der Waals surface area contributed by atoms with E-state index in [0.717, 1.165) is 5.56 Å². The minimum Gasteiger partial charge on any atom is -0.389 e. The van der Waals surface area contributed by atoms with E-state index in [2.05, 4.69) is 0 Å². The van der Waals surface area contributed by atoms with Crippen molar-refractivity contribution in [2.24, 2.45) is 0 Å². The Bertz CT molecular complexity index is 550. The summed E-state index contributed by atoms with van der Waals surface area (Å²) in [6.07, 6.45) is -0.0138. The maximum Gasteiger partial charge on any atom is 0.223 e. The minimum absolute atomic E-state index is 0.0892. The fourth-order valence-corrected chi connectivity index (χ4v) is 2.60. The molecule has 2 rings (SSSR count). The fourth-order valence-electron chi connectivity index (χ4n) is 2.60. The Labute approximate surface area is 129 Å². The van der Waals surface area contributed by atoms with Gasteiger partial charge in [-0.15, -0.1) is 0 Å². The highest BCUT2D eigenvalue weighted by atomic mass is 19.1. The summed E-state index contributed by atoms with van der Waals surface area (Å²) in [6, 6.07) is 6.19. The lowest BCUT2D eigenvalue weighted by Crippen LogP contribution is -2.37. The molecule has 1 aliphatic rings. The van der Waals surface area contributed by atoms with E-state index in [1.165, 1.54) is 19.1 Å². The van der Waals surface area contributed by atoms with E-state index >= 15 is 0 Å². The molecule has 0 bridgehead atoms. The van der Waals surface area contributed by atoms with Crippen LogP contribution in [0.25, 0.3) is 0 Å². The molecule has 1 N–H and O–H groups in total. The molecular weight excluding hydrogens is 287 g/mol. The van der Waals surface area contributed by atoms with E-state index < -0.39 is 6.10 Å². The van der Waals surface area contributed by atoms with Gasteiger partial charge in [-0.05, 0) is 24.1 Å². The van der Waals surface area contributed by atoms with Gasteiger partial charge in [0.1, 0.15) is 5.82 Å². The third kappa shape index (κ3) is 4.53. The average molecular weight is 308 g/mol. The van der Waals surface area contributed by atoms with E-state index in [-0.39, 0.29) is 37.1 Å². The maximum absolute atomic E-state index is 13.1. The van der Waals surface area contributed by atoms with Crippen molar-refractivity contribution in [3.63, 3.8) is 0 Å². The SMILES string of the molecule is CC(=O)N1CCN(C(=O)CCc2cccc(F)c2)CC(O)C1. The van der Waals surface area contributed by atoms with E-state index in [9.17, 15) is 19.1 Å². The second-order valence-corrected chi connectivity index (χ2v) is 5.59. The number of amides is 2. The number of hydrogen-bond donors (Lipinski definition) is 1. The van der Waals surface area contributed by atoms with Gasteiger partial charge in [0, 0.05) is 39.5 Å². The molecular formula is C16H21FN2O3. The number of carbonyl (C=O) groups excluding carboxylic acids is 2. The molecule has 1 aromatic carbocycles. The summed E-state index contributed by atoms with van der Waals surface area (Å²) in [4.78, 5) is 26.8. The lowest BCUT2D eigenvalue weighted by molar-refractivity contribution is -0.132. The zero-order chi connectivity index (χ0) is 16.1. The molecule has 1 unspecified atom stereocenters. The molecule has 0 spiro atoms. The number of halogens is 1. The third-order valence-corrected chi connectivity index (χ3v) is 3.82. The minimum atomic E-state index is -0.732. The molecule has 22 heavy (non-hydrogen) atoms. The number of aliphatic hydroxyl groups is 1. The van der Waals surface area contributed by atoms with Crippen molar-refractivity contribution in [3.8, 4) is 0 Å². The Hall–Kier alpha value is -1.95. The molecule has 1 aliphatic heterocycles. The Morgan fingerprint density at radius 3 is 2.64 bits per heavy atom. The first-order chi connectivity index (χ1) is 10.5. The molecule has 0 aliphatic carbocycles. The van der Waals surface area contributed by atoms with Crippen molar-refractivity contribution in [1.29, 1.82) is 0 Å². The molecule has 1 heterocycles. The summed E-state index contributed by atoms with van der Waals surface area (Å²) >= 11 is 0. The van der Waals surface area contributed by atoms with Crippen LogP contribution in [0.1, 0.15) is 18.9 Å². The van der Waals surface area contributed by atoms with E-state index in [4.69, 9.17) is 0 Å². The van der Waals surface area contributed by atoms with Crippen LogP contribution >= 0.6 is 0 Å². The second-order valence-electron chi connectivity index (χ2n) is 5.59. The van der Waals surface area contributed by atoms with Gasteiger partial charge in [0.15, 0.2) is 0 Å². The van der Waals surface area contributed by atoms with E-state index in [1.807, 2.05) is 0 Å². The number of benzene rings is 1. The zero-order valence-corrected chi connectivity index (χ0v) is 12.7. The lowest BCUT2D eigenvalue weighted by Gasteiger charge is -2.21. The molecule has 0 saturated carbocycles. The summed E-state index contributed by atoms with van der Waals surface area (Å²) in [6.45, 7) is 2.78. The first kappa shape index (κ1) is 16.4. The van der Waals surface area contributed by atoms with E-state index in [0.29, 0.717) is 19.5 Å². The van der Waals surface area contributed by atoms with Crippen LogP contribution in [0.4, 0.5) is 4.39 Å². The highest BCUT2D eigenvalue weighted by Crippen LogP contribution is 2.10. The summed E-state index contributed by atoms with van der Waals surface area (Å²) in [5, 5.41) is 9.91. The van der Waals surface area contributed by atoms with Gasteiger partial charge in [-0.25, -0.2) is 4.39 Å². The Morgan fingerprint density at radius 2 is 1.95 bits per heavy atom. The molecule has 5 nitrogen and oxygen atoms in total. The smallest absolute Gasteiger partial charge is 0.223 e. The highest BCUT2D eigenvalue weighted by Gasteiger charge is 2.25. The van der Waals surface area contributed by atoms with Crippen molar-refractivity contribution in [3.05, 3.63) is 35.6 Å². The second kappa shape index (κ2) is 7.35. The van der Waals surface area contributed by atoms with Crippen LogP contribution < -0.4 is 0 Å². The van der Waals surface area contributed by atoms with Gasteiger partial charge in [-0.3, -0.25) is 9.59 Å². The monoisotopic (exact) mass is 308 g/mol. The summed E-state index contributed by atoms with van der Waals surface area (Å²) in [7, 11) is 0. The topological polar surface area (TPSA) is 60.9 Å². The van der Waals surface area contributed by atoms with Crippen molar-refractivity contribution in [1.82, 2.24) is 9.80 Å². The fraction of sp³-hybridized carbons (Fsp3) is 0.500. The number of hydrogen-bond acceptors (Lipinski definition) is 3. The molecule has 120 valence electrons. The molecule has 6 heteroatoms. The van der Waals surface area contributed by atoms with Gasteiger partial charge in [-0.1, -0.05) is 12.1 Å². The molecule has 0 radical (unpaired) electrons. The Morgan fingerprint density at radius 1 is 1.27 bits per heavy atom. The molecule has 1 saturated heterocycles. The number of β-amino-alcohol motifs (C(OH)–C–C–N with tert-alkyl or cyclic N) is 1. The molecule has 0 aromatic heterocycles. The quantitative estimate of drug-likeness (QED) is 0.899. The predicted octanol–water partition coefficient (Wildman–Crippen LogP) is 0.810. The first-order valence-corrected chi connectivity index (χ1v) is 7.41. The van der Waals surface area contributed by atoms with Gasteiger partial charge in [-0.2, -0.15) is 0 Å². The van der Waals surface area contributed by atoms with E-state index in [1.54, 1.807) is 21.9 Å². The number of nitrogens with zero attached hydrogens (tertiary/aromatic N) is 2. The van der Waals surface area contributed by atoms with Gasteiger partial charge >= 0.3 is 0 Å². The largest absolute Gasteiger partial charge is 0.389 e. The van der Waals surface area contributed by atoms with Crippen molar-refractivity contribution < 1.29 is 19.1 Å². The summed E-state index contributed by atoms with van der Waals surface area (Å²) in [5.41, 5.74) is 0.772. The zero-order valence-electron chi connectivity index (χ0n) is 12.7. The standard InChI is InChI=1S/C16H21FN2O3/c1-12(20)18-7-8-19(11-15(21)10-18)16(22)6-5-13-3-2-4-14(17)9-13/h2-4,9,15,21H,5-8,10-11H2,1H3. The van der Waals surface area contributed by atoms with Crippen LogP contribution in [0, 0.1) is 5.82 Å². The van der Waals surface area contributed by atoms with Crippen molar-refractivity contribution >= 4 is 11.8 Å². The molecule has 2 amide bonds. The number of rotatable bonds is 3. The van der Waals surface area contributed by atoms with Crippen LogP contribution in [0.15, 0.2) is 24.3 Å². The summed E-state index contributed by atoms with van der Waals surface area (Å²) < 4.78 is 13.1. The normalized spacial score (nSPS) is 19.0. The summed E-state index contributed by atoms with van der Waals surface area (Å²) in [5.74, 6) is -0.505. The molecule has 1 fully saturated rings. The predicted molar refractivity (Wildman–Crippen MR) is 79.6 cm³/mol. The number of aliphatic hydroxyl groups excluding tert-OH is 1. The van der Waals surface area contributed by atoms with Crippen LogP contribution in [-0.2, 0) is 16.0 Å². The third-order valence-electron chi connectivity index (χ3n) is 3.82. The van der Waals surface area contributed by atoms with Gasteiger partial charge < -0.3 is 14.9 Å².